The standard InChI is InChI=1S/C12H12ClFN2S/c1-2-10-11(17-12(15)16-10)5-7-3-4-8(14)6-9(7)13/h3-4,6H,2,5H2,1H3,(H2,15,16). The first-order valence-electron chi connectivity index (χ1n) is 5.28. The minimum absolute atomic E-state index is 0.321. The van der Waals surface area contributed by atoms with Crippen LogP contribution in [0.25, 0.3) is 0 Å². The van der Waals surface area contributed by atoms with E-state index in [0.29, 0.717) is 16.6 Å². The van der Waals surface area contributed by atoms with Crippen LogP contribution in [0.4, 0.5) is 9.52 Å². The number of nitrogen functional groups attached to an aromatic ring is 1. The summed E-state index contributed by atoms with van der Waals surface area (Å²) in [4.78, 5) is 5.35. The lowest BCUT2D eigenvalue weighted by Crippen LogP contribution is -1.92. The smallest absolute Gasteiger partial charge is 0.180 e. The van der Waals surface area contributed by atoms with Gasteiger partial charge in [-0.1, -0.05) is 24.6 Å². The molecule has 0 aliphatic rings. The Labute approximate surface area is 108 Å². The molecule has 2 rings (SSSR count). The first-order valence-corrected chi connectivity index (χ1v) is 6.47. The van der Waals surface area contributed by atoms with Gasteiger partial charge in [0.1, 0.15) is 5.82 Å². The second-order valence-electron chi connectivity index (χ2n) is 3.69. The maximum atomic E-state index is 12.9. The monoisotopic (exact) mass is 270 g/mol. The Bertz CT molecular complexity index is 539. The van der Waals surface area contributed by atoms with Gasteiger partial charge in [-0.15, -0.1) is 11.3 Å². The summed E-state index contributed by atoms with van der Waals surface area (Å²) < 4.78 is 12.9. The van der Waals surface area contributed by atoms with Crippen LogP contribution in [0, 0.1) is 5.82 Å². The molecule has 2 nitrogen and oxygen atoms in total. The number of thiazole rings is 1. The van der Waals surface area contributed by atoms with Gasteiger partial charge < -0.3 is 5.73 Å². The second-order valence-corrected chi connectivity index (χ2v) is 5.21. The van der Waals surface area contributed by atoms with Crippen molar-refractivity contribution in [3.05, 3.63) is 45.2 Å². The predicted molar refractivity (Wildman–Crippen MR) is 70.1 cm³/mol. The van der Waals surface area contributed by atoms with Crippen LogP contribution in [0.1, 0.15) is 23.1 Å². The van der Waals surface area contributed by atoms with Gasteiger partial charge in [0.05, 0.1) is 5.69 Å². The lowest BCUT2D eigenvalue weighted by molar-refractivity contribution is 0.627. The fourth-order valence-corrected chi connectivity index (χ4v) is 2.83. The predicted octanol–water partition coefficient (Wildman–Crippen LogP) is 3.67. The van der Waals surface area contributed by atoms with Crippen LogP contribution in [0.3, 0.4) is 0 Å². The van der Waals surface area contributed by atoms with Crippen molar-refractivity contribution < 1.29 is 4.39 Å². The third-order valence-electron chi connectivity index (χ3n) is 2.50. The van der Waals surface area contributed by atoms with Crippen molar-refractivity contribution in [1.82, 2.24) is 4.98 Å². The van der Waals surface area contributed by atoms with Crippen LogP contribution in [-0.4, -0.2) is 4.98 Å². The molecule has 0 radical (unpaired) electrons. The number of nitrogens with two attached hydrogens (primary N) is 1. The molecule has 90 valence electrons. The minimum atomic E-state index is -0.321. The zero-order valence-electron chi connectivity index (χ0n) is 9.34. The molecule has 0 amide bonds. The molecular weight excluding hydrogens is 259 g/mol. The molecule has 0 spiro atoms. The third kappa shape index (κ3) is 2.76. The van der Waals surface area contributed by atoms with Crippen LogP contribution < -0.4 is 5.73 Å². The van der Waals surface area contributed by atoms with Crippen LogP contribution >= 0.6 is 22.9 Å². The van der Waals surface area contributed by atoms with Gasteiger partial charge in [-0.2, -0.15) is 0 Å². The number of rotatable bonds is 3. The minimum Gasteiger partial charge on any atom is -0.375 e. The summed E-state index contributed by atoms with van der Waals surface area (Å²) >= 11 is 7.46. The number of anilines is 1. The molecule has 0 bridgehead atoms. The van der Waals surface area contributed by atoms with E-state index in [9.17, 15) is 4.39 Å². The molecule has 0 aliphatic heterocycles. The normalized spacial score (nSPS) is 10.8. The highest BCUT2D eigenvalue weighted by atomic mass is 35.5. The summed E-state index contributed by atoms with van der Waals surface area (Å²) in [5.74, 6) is -0.321. The Morgan fingerprint density at radius 3 is 2.88 bits per heavy atom. The Kier molecular flexibility index (Phi) is 3.64. The van der Waals surface area contributed by atoms with E-state index < -0.39 is 0 Å². The van der Waals surface area contributed by atoms with E-state index in [4.69, 9.17) is 17.3 Å². The fraction of sp³-hybridized carbons (Fsp3) is 0.250. The van der Waals surface area contributed by atoms with Gasteiger partial charge in [-0.05, 0) is 24.1 Å². The second kappa shape index (κ2) is 5.02. The van der Waals surface area contributed by atoms with Crippen LogP contribution in [0.5, 0.6) is 0 Å². The largest absolute Gasteiger partial charge is 0.375 e. The molecule has 0 aliphatic carbocycles. The van der Waals surface area contributed by atoms with Crippen LogP contribution in [0.2, 0.25) is 5.02 Å². The molecule has 1 aromatic carbocycles. The molecule has 5 heteroatoms. The van der Waals surface area contributed by atoms with Crippen molar-refractivity contribution in [3.8, 4) is 0 Å². The Hall–Kier alpha value is -1.13. The molecule has 0 unspecified atom stereocenters. The van der Waals surface area contributed by atoms with Gasteiger partial charge in [-0.3, -0.25) is 0 Å². The molecule has 0 saturated carbocycles. The van der Waals surface area contributed by atoms with Crippen molar-refractivity contribution in [2.45, 2.75) is 19.8 Å². The average Bonchev–Trinajstić information content (AvgIpc) is 2.63. The van der Waals surface area contributed by atoms with Gasteiger partial charge in [-0.25, -0.2) is 9.37 Å². The summed E-state index contributed by atoms with van der Waals surface area (Å²) in [6, 6.07) is 4.44. The van der Waals surface area contributed by atoms with E-state index >= 15 is 0 Å². The fourth-order valence-electron chi connectivity index (χ4n) is 1.66. The number of aromatic nitrogens is 1. The Morgan fingerprint density at radius 2 is 2.24 bits per heavy atom. The highest BCUT2D eigenvalue weighted by molar-refractivity contribution is 7.15. The molecule has 2 aromatic rings. The Balaban J connectivity index is 2.30. The van der Waals surface area contributed by atoms with Gasteiger partial charge in [0.25, 0.3) is 0 Å². The highest BCUT2D eigenvalue weighted by Gasteiger charge is 2.10. The van der Waals surface area contributed by atoms with Crippen molar-refractivity contribution in [2.75, 3.05) is 5.73 Å². The number of benzene rings is 1. The van der Waals surface area contributed by atoms with Gasteiger partial charge in [0.2, 0.25) is 0 Å². The summed E-state index contributed by atoms with van der Waals surface area (Å²) in [7, 11) is 0. The van der Waals surface area contributed by atoms with Crippen molar-refractivity contribution >= 4 is 28.1 Å². The average molecular weight is 271 g/mol. The van der Waals surface area contributed by atoms with E-state index in [1.807, 2.05) is 6.92 Å². The number of hydrogen-bond donors (Lipinski definition) is 1. The first-order chi connectivity index (χ1) is 8.10. The molecule has 2 N–H and O–H groups in total. The van der Waals surface area contributed by atoms with Gasteiger partial charge in [0, 0.05) is 16.3 Å². The summed E-state index contributed by atoms with van der Waals surface area (Å²) in [5, 5.41) is 1.01. The van der Waals surface area contributed by atoms with E-state index in [1.54, 1.807) is 6.07 Å². The maximum absolute atomic E-state index is 12.9. The maximum Gasteiger partial charge on any atom is 0.180 e. The molecule has 0 atom stereocenters. The third-order valence-corrected chi connectivity index (χ3v) is 3.77. The molecular formula is C12H12ClFN2S. The number of nitrogens with zero attached hydrogens (tertiary/aromatic N) is 1. The van der Waals surface area contributed by atoms with Crippen molar-refractivity contribution in [2.24, 2.45) is 0 Å². The molecule has 0 fully saturated rings. The van der Waals surface area contributed by atoms with Gasteiger partial charge >= 0.3 is 0 Å². The molecule has 17 heavy (non-hydrogen) atoms. The first kappa shape index (κ1) is 12.3. The van der Waals surface area contributed by atoms with Crippen LogP contribution in [0.15, 0.2) is 18.2 Å². The highest BCUT2D eigenvalue weighted by Crippen LogP contribution is 2.27. The topological polar surface area (TPSA) is 38.9 Å². The quantitative estimate of drug-likeness (QED) is 0.924. The zero-order chi connectivity index (χ0) is 12.4. The van der Waals surface area contributed by atoms with Crippen molar-refractivity contribution in [3.63, 3.8) is 0 Å². The summed E-state index contributed by atoms with van der Waals surface area (Å²) in [6.45, 7) is 2.03. The Morgan fingerprint density at radius 1 is 1.47 bits per heavy atom. The number of halogens is 2. The van der Waals surface area contributed by atoms with E-state index in [-0.39, 0.29) is 5.82 Å². The summed E-state index contributed by atoms with van der Waals surface area (Å²) in [5.41, 5.74) is 7.57. The molecule has 1 aromatic heterocycles. The number of hydrogen-bond acceptors (Lipinski definition) is 3. The van der Waals surface area contributed by atoms with Crippen LogP contribution in [-0.2, 0) is 12.8 Å². The summed E-state index contributed by atoms with van der Waals surface area (Å²) in [6.07, 6.45) is 1.49. The van der Waals surface area contributed by atoms with E-state index in [2.05, 4.69) is 4.98 Å². The zero-order valence-corrected chi connectivity index (χ0v) is 10.9. The molecule has 0 saturated heterocycles. The lowest BCUT2D eigenvalue weighted by Gasteiger charge is -2.03. The number of aryl methyl sites for hydroxylation is 1. The van der Waals surface area contributed by atoms with Crippen molar-refractivity contribution in [1.29, 1.82) is 0 Å². The lowest BCUT2D eigenvalue weighted by atomic mass is 10.1. The van der Waals surface area contributed by atoms with Gasteiger partial charge in [0.15, 0.2) is 5.13 Å². The molecule has 1 heterocycles. The van der Waals surface area contributed by atoms with E-state index in [1.165, 1.54) is 23.5 Å². The SMILES string of the molecule is CCc1nc(N)sc1Cc1ccc(F)cc1Cl. The van der Waals surface area contributed by atoms with E-state index in [0.717, 1.165) is 22.6 Å².